The summed E-state index contributed by atoms with van der Waals surface area (Å²) in [6.07, 6.45) is 8.12. The van der Waals surface area contributed by atoms with Crippen LogP contribution in [-0.2, 0) is 6.42 Å². The van der Waals surface area contributed by atoms with Crippen LogP contribution < -0.4 is 0 Å². The van der Waals surface area contributed by atoms with Gasteiger partial charge in [0.05, 0.1) is 6.20 Å². The second-order valence-corrected chi connectivity index (χ2v) is 5.00. The van der Waals surface area contributed by atoms with E-state index in [1.807, 2.05) is 6.92 Å². The number of aromatic nitrogens is 4. The minimum Gasteiger partial charge on any atom is -0.337 e. The van der Waals surface area contributed by atoms with Gasteiger partial charge in [-0.05, 0) is 19.3 Å². The van der Waals surface area contributed by atoms with Gasteiger partial charge < -0.3 is 9.42 Å². The molecule has 0 bridgehead atoms. The molecule has 0 saturated carbocycles. The first-order valence-electron chi connectivity index (χ1n) is 7.19. The molecule has 21 heavy (non-hydrogen) atoms. The highest BCUT2D eigenvalue weighted by molar-refractivity contribution is 5.92. The van der Waals surface area contributed by atoms with Gasteiger partial charge in [0.15, 0.2) is 5.82 Å². The number of carbonyl (C=O) groups excluding carboxylic acids is 1. The molecule has 3 rings (SSSR count). The third-order valence-electron chi connectivity index (χ3n) is 3.63. The Morgan fingerprint density at radius 3 is 3.05 bits per heavy atom. The Bertz CT molecular complexity index is 613. The SMILES string of the molecule is CCc1noc([C@H]2CCCCN2C(=O)c2cnccn2)n1. The molecule has 110 valence electrons. The largest absolute Gasteiger partial charge is 0.337 e. The van der Waals surface area contributed by atoms with Gasteiger partial charge in [-0.15, -0.1) is 0 Å². The van der Waals surface area contributed by atoms with Gasteiger partial charge in [0.25, 0.3) is 5.91 Å². The fourth-order valence-electron chi connectivity index (χ4n) is 2.53. The molecule has 7 nitrogen and oxygen atoms in total. The summed E-state index contributed by atoms with van der Waals surface area (Å²) in [4.78, 5) is 26.8. The topological polar surface area (TPSA) is 85.0 Å². The lowest BCUT2D eigenvalue weighted by Gasteiger charge is -2.33. The van der Waals surface area contributed by atoms with Crippen LogP contribution in [-0.4, -0.2) is 37.5 Å². The molecule has 1 saturated heterocycles. The maximum Gasteiger partial charge on any atom is 0.274 e. The smallest absolute Gasteiger partial charge is 0.274 e. The van der Waals surface area contributed by atoms with E-state index in [0.29, 0.717) is 30.4 Å². The molecule has 0 aromatic carbocycles. The van der Waals surface area contributed by atoms with Gasteiger partial charge in [-0.2, -0.15) is 4.98 Å². The summed E-state index contributed by atoms with van der Waals surface area (Å²) in [6, 6.07) is -0.166. The number of aryl methyl sites for hydroxylation is 1. The van der Waals surface area contributed by atoms with Crippen molar-refractivity contribution in [1.82, 2.24) is 25.0 Å². The molecule has 1 amide bonds. The number of amides is 1. The van der Waals surface area contributed by atoms with Crippen molar-refractivity contribution >= 4 is 5.91 Å². The van der Waals surface area contributed by atoms with E-state index in [2.05, 4.69) is 20.1 Å². The third-order valence-corrected chi connectivity index (χ3v) is 3.63. The first kappa shape index (κ1) is 13.7. The van der Waals surface area contributed by atoms with E-state index in [0.717, 1.165) is 19.3 Å². The van der Waals surface area contributed by atoms with Gasteiger partial charge in [-0.25, -0.2) is 4.98 Å². The Labute approximate surface area is 122 Å². The van der Waals surface area contributed by atoms with Gasteiger partial charge in [0.1, 0.15) is 11.7 Å². The number of hydrogen-bond acceptors (Lipinski definition) is 6. The molecule has 2 aromatic heterocycles. The zero-order chi connectivity index (χ0) is 14.7. The van der Waals surface area contributed by atoms with Crippen LogP contribution in [0, 0.1) is 0 Å². The molecule has 0 spiro atoms. The van der Waals surface area contributed by atoms with E-state index in [4.69, 9.17) is 4.52 Å². The number of likely N-dealkylation sites (tertiary alicyclic amines) is 1. The first-order valence-corrected chi connectivity index (χ1v) is 7.19. The van der Waals surface area contributed by atoms with Crippen molar-refractivity contribution in [2.75, 3.05) is 6.54 Å². The van der Waals surface area contributed by atoms with Crippen molar-refractivity contribution in [3.8, 4) is 0 Å². The highest BCUT2D eigenvalue weighted by Gasteiger charge is 2.33. The van der Waals surface area contributed by atoms with Crippen LogP contribution in [0.25, 0.3) is 0 Å². The molecule has 1 aliphatic rings. The van der Waals surface area contributed by atoms with E-state index in [-0.39, 0.29) is 11.9 Å². The van der Waals surface area contributed by atoms with Crippen molar-refractivity contribution < 1.29 is 9.32 Å². The summed E-state index contributed by atoms with van der Waals surface area (Å²) < 4.78 is 5.32. The van der Waals surface area contributed by atoms with Gasteiger partial charge in [0.2, 0.25) is 5.89 Å². The molecule has 0 unspecified atom stereocenters. The lowest BCUT2D eigenvalue weighted by molar-refractivity contribution is 0.0555. The third kappa shape index (κ3) is 2.76. The minimum absolute atomic E-state index is 0.135. The van der Waals surface area contributed by atoms with Crippen molar-refractivity contribution in [1.29, 1.82) is 0 Å². The highest BCUT2D eigenvalue weighted by Crippen LogP contribution is 2.30. The summed E-state index contributed by atoms with van der Waals surface area (Å²) in [5.74, 6) is 1.05. The van der Waals surface area contributed by atoms with Gasteiger partial charge in [0, 0.05) is 25.4 Å². The van der Waals surface area contributed by atoms with Gasteiger partial charge >= 0.3 is 0 Å². The van der Waals surface area contributed by atoms with Crippen LogP contribution in [0.3, 0.4) is 0 Å². The Morgan fingerprint density at radius 1 is 1.43 bits per heavy atom. The fourth-order valence-corrected chi connectivity index (χ4v) is 2.53. The van der Waals surface area contributed by atoms with Crippen LogP contribution in [0.2, 0.25) is 0 Å². The molecule has 2 aromatic rings. The van der Waals surface area contributed by atoms with E-state index < -0.39 is 0 Å². The van der Waals surface area contributed by atoms with Crippen LogP contribution in [0.5, 0.6) is 0 Å². The standard InChI is InChI=1S/C14H17N5O2/c1-2-12-17-13(21-18-12)11-5-3-4-8-19(11)14(20)10-9-15-6-7-16-10/h6-7,9,11H,2-5,8H2,1H3/t11-/m1/s1. The molecule has 0 N–H and O–H groups in total. The van der Waals surface area contributed by atoms with Crippen LogP contribution in [0.15, 0.2) is 23.1 Å². The Balaban J connectivity index is 1.86. The summed E-state index contributed by atoms with van der Waals surface area (Å²) in [7, 11) is 0. The highest BCUT2D eigenvalue weighted by atomic mass is 16.5. The lowest BCUT2D eigenvalue weighted by Crippen LogP contribution is -2.39. The first-order chi connectivity index (χ1) is 10.3. The summed E-state index contributed by atoms with van der Waals surface area (Å²) in [6.45, 7) is 2.64. The quantitative estimate of drug-likeness (QED) is 0.855. The summed E-state index contributed by atoms with van der Waals surface area (Å²) >= 11 is 0. The maximum atomic E-state index is 12.6. The molecule has 1 atom stereocenters. The Hall–Kier alpha value is -2.31. The van der Waals surface area contributed by atoms with Crippen LogP contribution in [0.4, 0.5) is 0 Å². The molecule has 0 radical (unpaired) electrons. The van der Waals surface area contributed by atoms with E-state index >= 15 is 0 Å². The average Bonchev–Trinajstić information content (AvgIpc) is 3.04. The van der Waals surface area contributed by atoms with Gasteiger partial charge in [-0.3, -0.25) is 9.78 Å². The monoisotopic (exact) mass is 287 g/mol. The van der Waals surface area contributed by atoms with E-state index in [1.165, 1.54) is 12.4 Å². The Kier molecular flexibility index (Phi) is 3.89. The van der Waals surface area contributed by atoms with Crippen LogP contribution >= 0.6 is 0 Å². The number of hydrogen-bond donors (Lipinski definition) is 0. The molecule has 1 aliphatic heterocycles. The zero-order valence-corrected chi connectivity index (χ0v) is 11.9. The zero-order valence-electron chi connectivity index (χ0n) is 11.9. The average molecular weight is 287 g/mol. The predicted molar refractivity (Wildman–Crippen MR) is 73.3 cm³/mol. The number of carbonyl (C=O) groups is 1. The minimum atomic E-state index is -0.166. The van der Waals surface area contributed by atoms with Crippen molar-refractivity contribution in [3.05, 3.63) is 36.0 Å². The summed E-state index contributed by atoms with van der Waals surface area (Å²) in [5.41, 5.74) is 0.347. The van der Waals surface area contributed by atoms with Crippen LogP contribution in [0.1, 0.15) is 54.4 Å². The normalized spacial score (nSPS) is 18.7. The number of rotatable bonds is 3. The molecule has 1 fully saturated rings. The van der Waals surface area contributed by atoms with E-state index in [9.17, 15) is 4.79 Å². The number of piperidine rings is 1. The molecular weight excluding hydrogens is 270 g/mol. The Morgan fingerprint density at radius 2 is 2.33 bits per heavy atom. The molecule has 0 aliphatic carbocycles. The van der Waals surface area contributed by atoms with Crippen molar-refractivity contribution in [3.63, 3.8) is 0 Å². The molecular formula is C14H17N5O2. The lowest BCUT2D eigenvalue weighted by atomic mass is 10.0. The fraction of sp³-hybridized carbons (Fsp3) is 0.500. The number of nitrogens with zero attached hydrogens (tertiary/aromatic N) is 5. The second-order valence-electron chi connectivity index (χ2n) is 5.00. The molecule has 3 heterocycles. The predicted octanol–water partition coefficient (Wildman–Crippen LogP) is 1.79. The summed E-state index contributed by atoms with van der Waals surface area (Å²) in [5, 5.41) is 3.92. The van der Waals surface area contributed by atoms with E-state index in [1.54, 1.807) is 11.1 Å². The maximum absolute atomic E-state index is 12.6. The van der Waals surface area contributed by atoms with Crippen molar-refractivity contribution in [2.24, 2.45) is 0 Å². The second kappa shape index (κ2) is 5.99. The van der Waals surface area contributed by atoms with Gasteiger partial charge in [-0.1, -0.05) is 12.1 Å². The molecule has 7 heteroatoms. The van der Waals surface area contributed by atoms with Crippen molar-refractivity contribution in [2.45, 2.75) is 38.6 Å².